The van der Waals surface area contributed by atoms with Crippen LogP contribution < -0.4 is 5.32 Å². The average Bonchev–Trinajstić information content (AvgIpc) is 2.12. The Labute approximate surface area is 61.8 Å². The molecule has 64 valence electrons. The van der Waals surface area contributed by atoms with Crippen molar-refractivity contribution in [2.75, 3.05) is 6.54 Å². The number of ketones is 1. The van der Waals surface area contributed by atoms with Gasteiger partial charge in [-0.05, 0) is 6.92 Å². The Morgan fingerprint density at radius 3 is 2.27 bits per heavy atom. The zero-order chi connectivity index (χ0) is 8.70. The Morgan fingerprint density at radius 2 is 2.09 bits per heavy atom. The van der Waals surface area contributed by atoms with E-state index in [0.29, 0.717) is 0 Å². The van der Waals surface area contributed by atoms with Gasteiger partial charge in [-0.15, -0.1) is 0 Å². The van der Waals surface area contributed by atoms with Gasteiger partial charge in [0.05, 0.1) is 0 Å². The van der Waals surface area contributed by atoms with Crippen molar-refractivity contribution in [1.82, 2.24) is 5.32 Å². The smallest absolute Gasteiger partial charge is 0.297 e. The molecule has 1 fully saturated rings. The van der Waals surface area contributed by atoms with Crippen LogP contribution in [0.15, 0.2) is 0 Å². The number of Topliss-reactive ketones (excluding diaryl/α,β-unsaturated/α-hetero) is 1. The van der Waals surface area contributed by atoms with Gasteiger partial charge in [0.2, 0.25) is 0 Å². The van der Waals surface area contributed by atoms with Crippen LogP contribution >= 0.6 is 0 Å². The molecule has 1 saturated heterocycles. The Bertz CT molecular complexity index is 189. The molecule has 1 atom stereocenters. The molecule has 0 aromatic rings. The van der Waals surface area contributed by atoms with E-state index in [0.717, 1.165) is 6.92 Å². The summed E-state index contributed by atoms with van der Waals surface area (Å²) in [6, 6.07) is 0. The molecule has 5 heteroatoms. The molecule has 0 aliphatic carbocycles. The van der Waals surface area contributed by atoms with Crippen LogP contribution in [0.5, 0.6) is 0 Å². The van der Waals surface area contributed by atoms with Crippen LogP contribution in [0.2, 0.25) is 0 Å². The number of carbonyl (C=O) groups is 1. The highest BCUT2D eigenvalue weighted by molar-refractivity contribution is 5.91. The average molecular weight is 167 g/mol. The second-order valence-electron chi connectivity index (χ2n) is 2.72. The first-order valence-corrected chi connectivity index (χ1v) is 3.23. The minimum Gasteiger partial charge on any atom is -0.297 e. The highest BCUT2D eigenvalue weighted by Gasteiger charge is 2.58. The molecule has 1 aliphatic heterocycles. The van der Waals surface area contributed by atoms with Gasteiger partial charge in [-0.1, -0.05) is 0 Å². The SMILES string of the molecule is CC1(C(F)(F)F)NCCC1=O. The molecule has 0 aromatic carbocycles. The molecule has 0 bridgehead atoms. The van der Waals surface area contributed by atoms with E-state index in [4.69, 9.17) is 0 Å². The van der Waals surface area contributed by atoms with Crippen LogP contribution in [0.1, 0.15) is 13.3 Å². The van der Waals surface area contributed by atoms with Crippen molar-refractivity contribution in [2.24, 2.45) is 0 Å². The first-order chi connectivity index (χ1) is 4.88. The van der Waals surface area contributed by atoms with E-state index in [1.54, 1.807) is 0 Å². The van der Waals surface area contributed by atoms with E-state index in [2.05, 4.69) is 5.32 Å². The number of rotatable bonds is 0. The number of nitrogens with one attached hydrogen (secondary N) is 1. The van der Waals surface area contributed by atoms with E-state index in [-0.39, 0.29) is 13.0 Å². The zero-order valence-corrected chi connectivity index (χ0v) is 5.96. The summed E-state index contributed by atoms with van der Waals surface area (Å²) in [4.78, 5) is 10.8. The van der Waals surface area contributed by atoms with Crippen molar-refractivity contribution in [3.63, 3.8) is 0 Å². The van der Waals surface area contributed by atoms with Crippen molar-refractivity contribution >= 4 is 5.78 Å². The number of hydrogen-bond acceptors (Lipinski definition) is 2. The van der Waals surface area contributed by atoms with E-state index >= 15 is 0 Å². The van der Waals surface area contributed by atoms with Gasteiger partial charge in [0, 0.05) is 13.0 Å². The van der Waals surface area contributed by atoms with Gasteiger partial charge < -0.3 is 0 Å². The van der Waals surface area contributed by atoms with Crippen LogP contribution in [-0.2, 0) is 4.79 Å². The lowest BCUT2D eigenvalue weighted by molar-refractivity contribution is -0.188. The van der Waals surface area contributed by atoms with Gasteiger partial charge in [-0.25, -0.2) is 0 Å². The van der Waals surface area contributed by atoms with Gasteiger partial charge in [0.25, 0.3) is 0 Å². The third-order valence-corrected chi connectivity index (χ3v) is 1.96. The molecule has 1 heterocycles. The molecule has 1 aliphatic rings. The summed E-state index contributed by atoms with van der Waals surface area (Å²) < 4.78 is 36.3. The molecule has 0 amide bonds. The summed E-state index contributed by atoms with van der Waals surface area (Å²) in [7, 11) is 0. The van der Waals surface area contributed by atoms with Gasteiger partial charge in [0.15, 0.2) is 11.3 Å². The second-order valence-corrected chi connectivity index (χ2v) is 2.72. The Morgan fingerprint density at radius 1 is 1.55 bits per heavy atom. The van der Waals surface area contributed by atoms with Crippen LogP contribution in [-0.4, -0.2) is 24.0 Å². The second kappa shape index (κ2) is 2.20. The first-order valence-electron chi connectivity index (χ1n) is 3.23. The molecule has 0 spiro atoms. The molecular formula is C6H8F3NO. The third kappa shape index (κ3) is 1.13. The largest absolute Gasteiger partial charge is 0.413 e. The van der Waals surface area contributed by atoms with Crippen LogP contribution in [0, 0.1) is 0 Å². The van der Waals surface area contributed by atoms with Gasteiger partial charge in [-0.3, -0.25) is 10.1 Å². The lowest BCUT2D eigenvalue weighted by Gasteiger charge is -2.25. The summed E-state index contributed by atoms with van der Waals surface area (Å²) in [5.41, 5.74) is -2.30. The normalized spacial score (nSPS) is 32.9. The Kier molecular flexibility index (Phi) is 1.70. The molecule has 1 N–H and O–H groups in total. The third-order valence-electron chi connectivity index (χ3n) is 1.96. The number of alkyl halides is 3. The van der Waals surface area contributed by atoms with E-state index in [9.17, 15) is 18.0 Å². The zero-order valence-electron chi connectivity index (χ0n) is 5.96. The number of carbonyl (C=O) groups excluding carboxylic acids is 1. The van der Waals surface area contributed by atoms with Gasteiger partial charge in [-0.2, -0.15) is 13.2 Å². The van der Waals surface area contributed by atoms with E-state index in [1.165, 1.54) is 0 Å². The summed E-state index contributed by atoms with van der Waals surface area (Å²) in [6.45, 7) is 0.997. The molecular weight excluding hydrogens is 159 g/mol. The summed E-state index contributed by atoms with van der Waals surface area (Å²) in [5.74, 6) is -0.773. The van der Waals surface area contributed by atoms with Crippen LogP contribution in [0.4, 0.5) is 13.2 Å². The first kappa shape index (κ1) is 8.52. The maximum atomic E-state index is 12.1. The van der Waals surface area contributed by atoms with Crippen LogP contribution in [0.25, 0.3) is 0 Å². The lowest BCUT2D eigenvalue weighted by Crippen LogP contribution is -2.54. The Hall–Kier alpha value is -0.580. The van der Waals surface area contributed by atoms with E-state index < -0.39 is 17.5 Å². The maximum Gasteiger partial charge on any atom is 0.413 e. The minimum absolute atomic E-state index is 0.0317. The quantitative estimate of drug-likeness (QED) is 0.580. The van der Waals surface area contributed by atoms with Gasteiger partial charge in [0.1, 0.15) is 0 Å². The number of hydrogen-bond donors (Lipinski definition) is 1. The fourth-order valence-corrected chi connectivity index (χ4v) is 1.03. The number of halogens is 3. The maximum absolute atomic E-state index is 12.1. The van der Waals surface area contributed by atoms with Crippen LogP contribution in [0.3, 0.4) is 0 Å². The topological polar surface area (TPSA) is 29.1 Å². The summed E-state index contributed by atoms with van der Waals surface area (Å²) in [6.07, 6.45) is -4.50. The van der Waals surface area contributed by atoms with Crippen molar-refractivity contribution in [3.8, 4) is 0 Å². The summed E-state index contributed by atoms with van der Waals surface area (Å²) in [5, 5.41) is 2.15. The molecule has 1 unspecified atom stereocenters. The monoisotopic (exact) mass is 167 g/mol. The van der Waals surface area contributed by atoms with Crippen molar-refractivity contribution < 1.29 is 18.0 Å². The summed E-state index contributed by atoms with van der Waals surface area (Å²) >= 11 is 0. The molecule has 0 radical (unpaired) electrons. The fourth-order valence-electron chi connectivity index (χ4n) is 1.03. The lowest BCUT2D eigenvalue weighted by atomic mass is 9.98. The van der Waals surface area contributed by atoms with Gasteiger partial charge >= 0.3 is 6.18 Å². The molecule has 2 nitrogen and oxygen atoms in total. The highest BCUT2D eigenvalue weighted by atomic mass is 19.4. The Balaban J connectivity index is 2.90. The highest BCUT2D eigenvalue weighted by Crippen LogP contribution is 2.33. The standard InChI is InChI=1S/C6H8F3NO/c1-5(6(7,8)9)4(11)2-3-10-5/h10H,2-3H2,1H3. The fraction of sp³-hybridized carbons (Fsp3) is 0.833. The minimum atomic E-state index is -4.47. The molecule has 0 saturated carbocycles. The molecule has 1 rings (SSSR count). The molecule has 11 heavy (non-hydrogen) atoms. The van der Waals surface area contributed by atoms with Crippen molar-refractivity contribution in [3.05, 3.63) is 0 Å². The van der Waals surface area contributed by atoms with E-state index in [1.807, 2.05) is 0 Å². The van der Waals surface area contributed by atoms with Crippen molar-refractivity contribution in [1.29, 1.82) is 0 Å². The molecule has 0 aromatic heterocycles. The predicted molar refractivity (Wildman–Crippen MR) is 32.1 cm³/mol. The van der Waals surface area contributed by atoms with Crippen molar-refractivity contribution in [2.45, 2.75) is 25.1 Å². The predicted octanol–water partition coefficient (Wildman–Crippen LogP) is 0.870.